The van der Waals surface area contributed by atoms with Gasteiger partial charge in [0.1, 0.15) is 0 Å². The van der Waals surface area contributed by atoms with E-state index in [1.165, 1.54) is 25.7 Å². The van der Waals surface area contributed by atoms with Crippen LogP contribution in [0.4, 0.5) is 0 Å². The molecule has 1 nitrogen and oxygen atoms in total. The van der Waals surface area contributed by atoms with Crippen molar-refractivity contribution in [1.82, 2.24) is 0 Å². The van der Waals surface area contributed by atoms with Crippen molar-refractivity contribution in [2.75, 3.05) is 12.4 Å². The highest BCUT2D eigenvalue weighted by molar-refractivity contribution is 7.80. The minimum absolute atomic E-state index is 0.348. The van der Waals surface area contributed by atoms with Crippen molar-refractivity contribution in [3.05, 3.63) is 0 Å². The highest BCUT2D eigenvalue weighted by Gasteiger charge is 1.86. The Kier molecular flexibility index (Phi) is 8.60. The minimum atomic E-state index is 0.348. The summed E-state index contributed by atoms with van der Waals surface area (Å²) in [5.41, 5.74) is 0. The van der Waals surface area contributed by atoms with Crippen molar-refractivity contribution in [3.8, 4) is 0 Å². The Bertz CT molecular complexity index is 42.2. The highest BCUT2D eigenvalue weighted by atomic mass is 32.1. The number of aliphatic hydroxyl groups excluding tert-OH is 1. The van der Waals surface area contributed by atoms with Gasteiger partial charge in [-0.25, -0.2) is 0 Å². The van der Waals surface area contributed by atoms with Crippen LogP contribution in [0.2, 0.25) is 0 Å². The molecule has 0 fully saturated rings. The second-order valence-corrected chi connectivity index (χ2v) is 2.66. The van der Waals surface area contributed by atoms with Crippen LogP contribution in [-0.2, 0) is 0 Å². The monoisotopic (exact) mass is 148 g/mol. The van der Waals surface area contributed by atoms with Gasteiger partial charge >= 0.3 is 0 Å². The molecule has 0 bridgehead atoms. The third-order valence-corrected chi connectivity index (χ3v) is 1.63. The van der Waals surface area contributed by atoms with E-state index < -0.39 is 0 Å². The number of thiol groups is 1. The molecule has 0 heterocycles. The molecule has 2 heteroatoms. The zero-order valence-corrected chi connectivity index (χ0v) is 6.74. The first kappa shape index (κ1) is 9.31. The molecule has 0 radical (unpaired) electrons. The van der Waals surface area contributed by atoms with Crippen LogP contribution in [0.25, 0.3) is 0 Å². The zero-order chi connectivity index (χ0) is 6.95. The zero-order valence-electron chi connectivity index (χ0n) is 5.84. The third-order valence-electron chi connectivity index (χ3n) is 1.32. The summed E-state index contributed by atoms with van der Waals surface area (Å²) in [4.78, 5) is 0. The number of hydrogen-bond donors (Lipinski definition) is 2. The molecule has 0 saturated carbocycles. The fourth-order valence-electron chi connectivity index (χ4n) is 0.754. The third kappa shape index (κ3) is 8.31. The van der Waals surface area contributed by atoms with E-state index in [0.29, 0.717) is 6.61 Å². The first-order valence-electron chi connectivity index (χ1n) is 3.63. The van der Waals surface area contributed by atoms with Gasteiger partial charge < -0.3 is 5.11 Å². The average Bonchev–Trinajstić information content (AvgIpc) is 1.89. The van der Waals surface area contributed by atoms with E-state index >= 15 is 0 Å². The average molecular weight is 148 g/mol. The van der Waals surface area contributed by atoms with Crippen molar-refractivity contribution < 1.29 is 5.11 Å². The summed E-state index contributed by atoms with van der Waals surface area (Å²) < 4.78 is 0. The van der Waals surface area contributed by atoms with Gasteiger partial charge in [0.15, 0.2) is 0 Å². The molecule has 0 aromatic carbocycles. The number of unbranched alkanes of at least 4 members (excludes halogenated alkanes) is 4. The van der Waals surface area contributed by atoms with Crippen molar-refractivity contribution in [1.29, 1.82) is 0 Å². The van der Waals surface area contributed by atoms with E-state index in [-0.39, 0.29) is 0 Å². The van der Waals surface area contributed by atoms with Gasteiger partial charge in [-0.1, -0.05) is 19.3 Å². The van der Waals surface area contributed by atoms with E-state index in [9.17, 15) is 0 Å². The molecular weight excluding hydrogens is 132 g/mol. The SMILES string of the molecule is OCCCCCCCS. The van der Waals surface area contributed by atoms with Gasteiger partial charge in [0.2, 0.25) is 0 Å². The van der Waals surface area contributed by atoms with Gasteiger partial charge in [0.05, 0.1) is 0 Å². The van der Waals surface area contributed by atoms with Crippen molar-refractivity contribution in [2.45, 2.75) is 32.1 Å². The van der Waals surface area contributed by atoms with E-state index in [4.69, 9.17) is 5.11 Å². The van der Waals surface area contributed by atoms with Crippen LogP contribution < -0.4 is 0 Å². The Morgan fingerprint density at radius 2 is 1.44 bits per heavy atom. The number of rotatable bonds is 6. The molecule has 0 aromatic rings. The van der Waals surface area contributed by atoms with Crippen LogP contribution in [0.15, 0.2) is 0 Å². The van der Waals surface area contributed by atoms with Crippen LogP contribution in [-0.4, -0.2) is 17.5 Å². The lowest BCUT2D eigenvalue weighted by Crippen LogP contribution is -1.83. The normalized spacial score (nSPS) is 10.0. The fourth-order valence-corrected chi connectivity index (χ4v) is 0.978. The van der Waals surface area contributed by atoms with Crippen LogP contribution in [0, 0.1) is 0 Å². The topological polar surface area (TPSA) is 20.2 Å². The summed E-state index contributed by atoms with van der Waals surface area (Å²) in [7, 11) is 0. The molecule has 0 aromatic heterocycles. The summed E-state index contributed by atoms with van der Waals surface area (Å²) in [6.45, 7) is 0.348. The molecule has 0 unspecified atom stereocenters. The molecule has 0 aliphatic carbocycles. The summed E-state index contributed by atoms with van der Waals surface area (Å²) in [5, 5.41) is 8.41. The lowest BCUT2D eigenvalue weighted by atomic mass is 10.2. The lowest BCUT2D eigenvalue weighted by Gasteiger charge is -1.95. The molecule has 0 saturated heterocycles. The number of hydrogen-bond acceptors (Lipinski definition) is 2. The fraction of sp³-hybridized carbons (Fsp3) is 1.00. The Hall–Kier alpha value is 0.310. The van der Waals surface area contributed by atoms with Gasteiger partial charge in [-0.15, -0.1) is 0 Å². The summed E-state index contributed by atoms with van der Waals surface area (Å²) in [6, 6.07) is 0. The molecule has 1 N–H and O–H groups in total. The maximum Gasteiger partial charge on any atom is 0.0431 e. The predicted octanol–water partition coefficient (Wildman–Crippen LogP) is 1.86. The Morgan fingerprint density at radius 1 is 0.889 bits per heavy atom. The van der Waals surface area contributed by atoms with Crippen molar-refractivity contribution in [2.24, 2.45) is 0 Å². The lowest BCUT2D eigenvalue weighted by molar-refractivity contribution is 0.282. The van der Waals surface area contributed by atoms with Crippen molar-refractivity contribution >= 4 is 12.6 Å². The molecule has 0 aliphatic heterocycles. The molecular formula is C7H16OS. The smallest absolute Gasteiger partial charge is 0.0431 e. The standard InChI is InChI=1S/C7H16OS/c8-6-4-2-1-3-5-7-9/h8-9H,1-7H2. The molecule has 0 amide bonds. The van der Waals surface area contributed by atoms with E-state index in [1.807, 2.05) is 0 Å². The Balaban J connectivity index is 2.60. The Morgan fingerprint density at radius 3 is 2.00 bits per heavy atom. The Labute approximate surface area is 62.9 Å². The first-order chi connectivity index (χ1) is 4.41. The van der Waals surface area contributed by atoms with Gasteiger partial charge in [0, 0.05) is 6.61 Å². The van der Waals surface area contributed by atoms with E-state index in [2.05, 4.69) is 12.6 Å². The maximum absolute atomic E-state index is 8.41. The molecule has 0 spiro atoms. The molecule has 0 rings (SSSR count). The second kappa shape index (κ2) is 8.31. The van der Waals surface area contributed by atoms with E-state index in [0.717, 1.165) is 12.2 Å². The minimum Gasteiger partial charge on any atom is -0.396 e. The van der Waals surface area contributed by atoms with E-state index in [1.54, 1.807) is 0 Å². The molecule has 9 heavy (non-hydrogen) atoms. The summed E-state index contributed by atoms with van der Waals surface area (Å²) >= 11 is 4.10. The largest absolute Gasteiger partial charge is 0.396 e. The van der Waals surface area contributed by atoms with Gasteiger partial charge in [-0.3, -0.25) is 0 Å². The molecule has 0 aliphatic rings. The van der Waals surface area contributed by atoms with Crippen LogP contribution in [0.5, 0.6) is 0 Å². The van der Waals surface area contributed by atoms with Crippen LogP contribution in [0.1, 0.15) is 32.1 Å². The number of aliphatic hydroxyl groups is 1. The van der Waals surface area contributed by atoms with Crippen molar-refractivity contribution in [3.63, 3.8) is 0 Å². The summed E-state index contributed by atoms with van der Waals surface area (Å²) in [5.74, 6) is 0.999. The van der Waals surface area contributed by atoms with Crippen LogP contribution >= 0.6 is 12.6 Å². The molecule has 56 valence electrons. The van der Waals surface area contributed by atoms with Crippen LogP contribution in [0.3, 0.4) is 0 Å². The second-order valence-electron chi connectivity index (χ2n) is 2.21. The quantitative estimate of drug-likeness (QED) is 0.435. The maximum atomic E-state index is 8.41. The van der Waals surface area contributed by atoms with Gasteiger partial charge in [-0.05, 0) is 18.6 Å². The van der Waals surface area contributed by atoms with Gasteiger partial charge in [-0.2, -0.15) is 12.6 Å². The first-order valence-corrected chi connectivity index (χ1v) is 4.26. The summed E-state index contributed by atoms with van der Waals surface area (Å²) in [6.07, 6.45) is 5.87. The highest BCUT2D eigenvalue weighted by Crippen LogP contribution is 2.02. The molecule has 0 atom stereocenters. The predicted molar refractivity (Wildman–Crippen MR) is 44.0 cm³/mol. The van der Waals surface area contributed by atoms with Gasteiger partial charge in [0.25, 0.3) is 0 Å².